The van der Waals surface area contributed by atoms with Crippen LogP contribution in [0.2, 0.25) is 0 Å². The summed E-state index contributed by atoms with van der Waals surface area (Å²) in [5.74, 6) is 2.94. The minimum Gasteiger partial charge on any atom is -0.466 e. The molecule has 2 fully saturated rings. The number of aliphatic hydroxyl groups is 1. The van der Waals surface area contributed by atoms with Crippen molar-refractivity contribution in [3.8, 4) is 27.7 Å². The summed E-state index contributed by atoms with van der Waals surface area (Å²) in [5.41, 5.74) is 4.10. The van der Waals surface area contributed by atoms with Crippen LogP contribution in [0.25, 0.3) is 32.4 Å². The summed E-state index contributed by atoms with van der Waals surface area (Å²) in [5, 5.41) is 27.1. The molecule has 2 aliphatic rings. The molecule has 2 aromatic carbocycles. The van der Waals surface area contributed by atoms with E-state index in [1.54, 1.807) is 28.0 Å². The Labute approximate surface area is 415 Å². The number of aliphatic hydroxyl groups excluding tert-OH is 1. The molecule has 8 aromatic rings. The quantitative estimate of drug-likeness (QED) is 0.114. The Morgan fingerprint density at radius 1 is 0.642 bits per heavy atom. The van der Waals surface area contributed by atoms with E-state index in [1.165, 1.54) is 32.5 Å². The van der Waals surface area contributed by atoms with Crippen LogP contribution < -0.4 is 14.5 Å². The number of benzene rings is 2. The van der Waals surface area contributed by atoms with Crippen LogP contribution in [0.3, 0.4) is 0 Å². The van der Waals surface area contributed by atoms with Gasteiger partial charge < -0.3 is 28.7 Å². The van der Waals surface area contributed by atoms with Crippen molar-refractivity contribution in [2.45, 2.75) is 101 Å². The van der Waals surface area contributed by atoms with Gasteiger partial charge in [0.25, 0.3) is 5.19 Å². The van der Waals surface area contributed by atoms with Gasteiger partial charge in [-0.2, -0.15) is 9.97 Å². The monoisotopic (exact) mass is 1050 g/mol. The number of ether oxygens (including phenoxy) is 1. The Balaban J connectivity index is 0.000000150. The highest BCUT2D eigenvalue weighted by atomic mass is 79.9. The fourth-order valence-electron chi connectivity index (χ4n) is 7.77. The summed E-state index contributed by atoms with van der Waals surface area (Å²) in [7, 11) is 0. The molecule has 356 valence electrons. The number of hydrogen-bond donors (Lipinski definition) is 1. The van der Waals surface area contributed by atoms with Crippen LogP contribution in [0, 0.1) is 11.8 Å². The van der Waals surface area contributed by atoms with Crippen molar-refractivity contribution >= 4 is 84.1 Å². The zero-order valence-corrected chi connectivity index (χ0v) is 43.8. The minimum atomic E-state index is -0.217. The highest BCUT2D eigenvalue weighted by Crippen LogP contribution is 2.32. The first-order valence-electron chi connectivity index (χ1n) is 22.5. The van der Waals surface area contributed by atoms with Crippen molar-refractivity contribution in [1.29, 1.82) is 0 Å². The molecule has 21 heteroatoms. The number of thioether (sulfide) groups is 2. The SMILES string of the molecule is CC(C)c1noc(N2CCC([C@H](C)O)CC2)n1.CSc1ccc(-c2cn3nc(Br)sc3n2)cc1.CSc1ccc(-c2cn3nc(O[C@@H](C)C4CCN(c5nc(C(C)C)no5)CC4)sc3n2)cc1. The van der Waals surface area contributed by atoms with Crippen molar-refractivity contribution in [1.82, 2.24) is 49.5 Å². The molecular formula is C46H57BrN12O4S4. The van der Waals surface area contributed by atoms with E-state index < -0.39 is 0 Å². The Bertz CT molecular complexity index is 2720. The van der Waals surface area contributed by atoms with Crippen molar-refractivity contribution in [2.75, 3.05) is 48.5 Å². The Morgan fingerprint density at radius 2 is 1.09 bits per heavy atom. The summed E-state index contributed by atoms with van der Waals surface area (Å²) >= 11 is 9.84. The lowest BCUT2D eigenvalue weighted by molar-refractivity contribution is 0.109. The lowest BCUT2D eigenvalue weighted by Gasteiger charge is -2.33. The number of imidazole rings is 2. The highest BCUT2D eigenvalue weighted by molar-refractivity contribution is 9.11. The topological polar surface area (TPSA) is 174 Å². The summed E-state index contributed by atoms with van der Waals surface area (Å²) in [6, 6.07) is 18.1. The normalized spacial score (nSPS) is 15.8. The molecular weight excluding hydrogens is 993 g/mol. The van der Waals surface area contributed by atoms with E-state index in [0.29, 0.717) is 35.0 Å². The summed E-state index contributed by atoms with van der Waals surface area (Å²) in [6.07, 6.45) is 11.9. The molecule has 2 atom stereocenters. The molecule has 0 saturated carbocycles. The second-order valence-corrected chi connectivity index (χ2v) is 22.2. The van der Waals surface area contributed by atoms with Crippen LogP contribution in [-0.4, -0.2) is 105 Å². The number of aromatic nitrogens is 10. The molecule has 0 bridgehead atoms. The standard InChI is InChI=1S/C23H28N6O2S2.C12H21N3O2.C11H8BrN3S2/c1-14(2)20-25-21(31-27-20)28-11-9-16(10-12-28)15(3)30-23-26-29-13-19(24-22(29)33-23)17-5-7-18(32-4)8-6-17;1-8(2)11-13-12(17-14-11)15-6-4-10(5-7-15)9(3)16;1-16-8-4-2-7(3-5-8)9-6-15-11(13-9)17-10(12)14-15/h5-8,13-16H,9-12H2,1-4H3;8-10,16H,4-7H2,1-3H3;2-6H,1H3/t15-;9-;/m00./s1. The number of fused-ring (bicyclic) bond motifs is 2. The second-order valence-electron chi connectivity index (χ2n) is 17.3. The number of anilines is 2. The molecule has 1 N–H and O–H groups in total. The number of hydrogen-bond acceptors (Lipinski definition) is 18. The van der Waals surface area contributed by atoms with Crippen molar-refractivity contribution in [2.24, 2.45) is 11.8 Å². The van der Waals surface area contributed by atoms with E-state index in [2.05, 4.69) is 143 Å². The third-order valence-corrected chi connectivity index (χ3v) is 15.6. The molecule has 16 nitrogen and oxygen atoms in total. The van der Waals surface area contributed by atoms with Gasteiger partial charge in [-0.15, -0.1) is 33.7 Å². The van der Waals surface area contributed by atoms with Crippen LogP contribution in [0.1, 0.15) is 90.7 Å². The fraction of sp³-hybridized carbons (Fsp3) is 0.478. The molecule has 0 aliphatic carbocycles. The lowest BCUT2D eigenvalue weighted by Crippen LogP contribution is -2.38. The second kappa shape index (κ2) is 22.3. The molecule has 0 radical (unpaired) electrons. The third kappa shape index (κ3) is 12.2. The van der Waals surface area contributed by atoms with E-state index in [0.717, 1.165) is 99.9 Å². The number of piperidine rings is 2. The van der Waals surface area contributed by atoms with Gasteiger partial charge in [-0.1, -0.05) is 73.6 Å². The van der Waals surface area contributed by atoms with Gasteiger partial charge in [0.15, 0.2) is 15.6 Å². The Kier molecular flexibility index (Phi) is 16.2. The maximum Gasteiger partial charge on any atom is 0.324 e. The molecule has 8 heterocycles. The number of halogens is 1. The summed E-state index contributed by atoms with van der Waals surface area (Å²) in [6.45, 7) is 15.8. The van der Waals surface area contributed by atoms with Crippen LogP contribution in [0.15, 0.2) is 83.7 Å². The lowest BCUT2D eigenvalue weighted by atomic mass is 9.92. The molecule has 0 amide bonds. The maximum atomic E-state index is 9.54. The van der Waals surface area contributed by atoms with E-state index in [-0.39, 0.29) is 18.1 Å². The van der Waals surface area contributed by atoms with Gasteiger partial charge >= 0.3 is 12.0 Å². The molecule has 67 heavy (non-hydrogen) atoms. The van der Waals surface area contributed by atoms with E-state index in [9.17, 15) is 5.11 Å². The summed E-state index contributed by atoms with van der Waals surface area (Å²) in [4.78, 5) is 26.7. The first-order chi connectivity index (χ1) is 32.3. The van der Waals surface area contributed by atoms with E-state index in [1.807, 2.05) is 37.7 Å². The molecule has 2 aliphatic heterocycles. The molecule has 0 spiro atoms. The number of nitrogens with zero attached hydrogens (tertiary/aromatic N) is 12. The third-order valence-electron chi connectivity index (χ3n) is 12.0. The molecule has 10 rings (SSSR count). The predicted molar refractivity (Wildman–Crippen MR) is 272 cm³/mol. The minimum absolute atomic E-state index is 0.0791. The van der Waals surface area contributed by atoms with Crippen LogP contribution in [-0.2, 0) is 0 Å². The van der Waals surface area contributed by atoms with Crippen molar-refractivity contribution in [3.63, 3.8) is 0 Å². The average molecular weight is 1050 g/mol. The van der Waals surface area contributed by atoms with Gasteiger partial charge in [0.05, 0.1) is 29.9 Å². The fourth-order valence-corrected chi connectivity index (χ4v) is 10.6. The van der Waals surface area contributed by atoms with Gasteiger partial charge in [0.2, 0.25) is 9.92 Å². The first-order valence-corrected chi connectivity index (χ1v) is 27.4. The zero-order chi connectivity index (χ0) is 47.2. The van der Waals surface area contributed by atoms with E-state index in [4.69, 9.17) is 18.8 Å². The molecule has 0 unspecified atom stereocenters. The van der Waals surface area contributed by atoms with Gasteiger partial charge in [-0.05, 0) is 115 Å². The molecule has 6 aromatic heterocycles. The van der Waals surface area contributed by atoms with Crippen molar-refractivity contribution < 1.29 is 18.9 Å². The Hall–Kier alpha value is -4.54. The maximum absolute atomic E-state index is 9.54. The first kappa shape index (κ1) is 48.9. The van der Waals surface area contributed by atoms with Gasteiger partial charge in [-0.3, -0.25) is 0 Å². The molecule has 2 saturated heterocycles. The Morgan fingerprint density at radius 3 is 1.49 bits per heavy atom. The van der Waals surface area contributed by atoms with E-state index >= 15 is 0 Å². The van der Waals surface area contributed by atoms with Crippen molar-refractivity contribution in [3.05, 3.63) is 76.5 Å². The smallest absolute Gasteiger partial charge is 0.324 e. The van der Waals surface area contributed by atoms with Crippen LogP contribution in [0.4, 0.5) is 12.0 Å². The summed E-state index contributed by atoms with van der Waals surface area (Å²) < 4.78 is 21.4. The highest BCUT2D eigenvalue weighted by Gasteiger charge is 2.29. The van der Waals surface area contributed by atoms with Gasteiger partial charge in [-0.25, -0.2) is 19.0 Å². The predicted octanol–water partition coefficient (Wildman–Crippen LogP) is 11.1. The largest absolute Gasteiger partial charge is 0.466 e. The van der Waals surface area contributed by atoms with Crippen LogP contribution >= 0.6 is 62.1 Å². The van der Waals surface area contributed by atoms with Crippen LogP contribution in [0.5, 0.6) is 5.19 Å². The van der Waals surface area contributed by atoms with Gasteiger partial charge in [0, 0.05) is 58.9 Å². The zero-order valence-electron chi connectivity index (χ0n) is 38.9. The van der Waals surface area contributed by atoms with Gasteiger partial charge in [0.1, 0.15) is 6.10 Å². The number of rotatable bonds is 12. The average Bonchev–Trinajstić information content (AvgIpc) is 4.21.